The van der Waals surface area contributed by atoms with Crippen molar-refractivity contribution in [2.45, 2.75) is 33.0 Å². The summed E-state index contributed by atoms with van der Waals surface area (Å²) in [5.41, 5.74) is 2.27. The molecule has 0 saturated heterocycles. The molecule has 2 heterocycles. The van der Waals surface area contributed by atoms with Crippen molar-refractivity contribution < 1.29 is 18.7 Å². The van der Waals surface area contributed by atoms with Crippen LogP contribution in [0.2, 0.25) is 0 Å². The highest BCUT2D eigenvalue weighted by Gasteiger charge is 2.16. The lowest BCUT2D eigenvalue weighted by Crippen LogP contribution is -2.35. The number of rotatable bonds is 9. The van der Waals surface area contributed by atoms with Crippen LogP contribution in [0.1, 0.15) is 22.6 Å². The Kier molecular flexibility index (Phi) is 6.15. The Balaban J connectivity index is 1.58. The molecule has 0 bridgehead atoms. The number of nitrogens with zero attached hydrogens (tertiary/aromatic N) is 1. The van der Waals surface area contributed by atoms with Gasteiger partial charge in [-0.25, -0.2) is 0 Å². The average molecular weight is 355 g/mol. The van der Waals surface area contributed by atoms with Crippen molar-refractivity contribution in [1.82, 2.24) is 4.90 Å². The highest BCUT2D eigenvalue weighted by molar-refractivity contribution is 5.38. The minimum absolute atomic E-state index is 0.233. The van der Waals surface area contributed by atoms with E-state index in [2.05, 4.69) is 4.90 Å². The molecule has 1 N–H and O–H groups in total. The van der Waals surface area contributed by atoms with Crippen LogP contribution in [0.5, 0.6) is 5.75 Å². The van der Waals surface area contributed by atoms with Crippen LogP contribution in [0, 0.1) is 13.8 Å². The number of aliphatic hydroxyl groups is 1. The van der Waals surface area contributed by atoms with Gasteiger partial charge in [0.25, 0.3) is 0 Å². The van der Waals surface area contributed by atoms with Gasteiger partial charge in [0.1, 0.15) is 30.0 Å². The maximum Gasteiger partial charge on any atom is 0.122 e. The third-order valence-electron chi connectivity index (χ3n) is 4.37. The number of hydrogen-bond acceptors (Lipinski definition) is 5. The van der Waals surface area contributed by atoms with Crippen LogP contribution in [-0.2, 0) is 13.1 Å². The van der Waals surface area contributed by atoms with Crippen molar-refractivity contribution in [3.63, 3.8) is 0 Å². The van der Waals surface area contributed by atoms with E-state index < -0.39 is 6.10 Å². The minimum Gasteiger partial charge on any atom is -0.491 e. The highest BCUT2D eigenvalue weighted by Crippen LogP contribution is 2.21. The summed E-state index contributed by atoms with van der Waals surface area (Å²) in [6.07, 6.45) is 2.68. The lowest BCUT2D eigenvalue weighted by Gasteiger charge is -2.23. The van der Waals surface area contributed by atoms with Gasteiger partial charge in [-0.2, -0.15) is 0 Å². The molecular weight excluding hydrogens is 330 g/mol. The molecule has 0 aliphatic carbocycles. The van der Waals surface area contributed by atoms with E-state index in [1.165, 1.54) is 5.56 Å². The SMILES string of the molecule is Cc1cccc(OCC(O)CN(Cc2ccco2)Cc2ccco2)c1C. The van der Waals surface area contributed by atoms with Crippen molar-refractivity contribution in [3.05, 3.63) is 77.6 Å². The number of aliphatic hydroxyl groups excluding tert-OH is 1. The van der Waals surface area contributed by atoms with Gasteiger partial charge < -0.3 is 18.7 Å². The van der Waals surface area contributed by atoms with Gasteiger partial charge in [0.2, 0.25) is 0 Å². The second kappa shape index (κ2) is 8.74. The Morgan fingerprint density at radius 2 is 1.62 bits per heavy atom. The summed E-state index contributed by atoms with van der Waals surface area (Å²) in [5.74, 6) is 2.51. The Bertz CT molecular complexity index is 744. The van der Waals surface area contributed by atoms with Gasteiger partial charge in [0, 0.05) is 6.54 Å². The minimum atomic E-state index is -0.625. The lowest BCUT2D eigenvalue weighted by molar-refractivity contribution is 0.0578. The maximum absolute atomic E-state index is 10.5. The fourth-order valence-corrected chi connectivity index (χ4v) is 2.85. The molecule has 3 aromatic rings. The van der Waals surface area contributed by atoms with Crippen molar-refractivity contribution >= 4 is 0 Å². The first kappa shape index (κ1) is 18.3. The second-order valence-corrected chi connectivity index (χ2v) is 6.49. The first-order valence-corrected chi connectivity index (χ1v) is 8.76. The van der Waals surface area contributed by atoms with E-state index in [1.54, 1.807) is 12.5 Å². The molecule has 2 aromatic heterocycles. The monoisotopic (exact) mass is 355 g/mol. The molecule has 3 rings (SSSR count). The molecule has 5 heteroatoms. The molecule has 138 valence electrons. The molecule has 1 aromatic carbocycles. The summed E-state index contributed by atoms with van der Waals surface area (Å²) in [6.45, 7) is 5.94. The average Bonchev–Trinajstić information content (AvgIpc) is 3.30. The van der Waals surface area contributed by atoms with Crippen LogP contribution in [0.25, 0.3) is 0 Å². The van der Waals surface area contributed by atoms with Gasteiger partial charge in [0.05, 0.1) is 25.6 Å². The lowest BCUT2D eigenvalue weighted by atomic mass is 10.1. The number of ether oxygens (including phenoxy) is 1. The predicted octanol–water partition coefficient (Wildman–Crippen LogP) is 3.93. The molecule has 0 amide bonds. The molecule has 1 atom stereocenters. The van der Waals surface area contributed by atoms with Crippen molar-refractivity contribution in [1.29, 1.82) is 0 Å². The first-order chi connectivity index (χ1) is 12.6. The Morgan fingerprint density at radius 3 is 2.19 bits per heavy atom. The molecular formula is C21H25NO4. The Hall–Kier alpha value is -2.50. The zero-order chi connectivity index (χ0) is 18.4. The molecule has 1 unspecified atom stereocenters. The number of hydrogen-bond donors (Lipinski definition) is 1. The van der Waals surface area contributed by atoms with E-state index >= 15 is 0 Å². The van der Waals surface area contributed by atoms with Gasteiger partial charge in [-0.3, -0.25) is 4.90 Å². The zero-order valence-corrected chi connectivity index (χ0v) is 15.2. The highest BCUT2D eigenvalue weighted by atomic mass is 16.5. The zero-order valence-electron chi connectivity index (χ0n) is 15.2. The van der Waals surface area contributed by atoms with Crippen LogP contribution < -0.4 is 4.74 Å². The van der Waals surface area contributed by atoms with E-state index in [4.69, 9.17) is 13.6 Å². The molecule has 0 saturated carbocycles. The van der Waals surface area contributed by atoms with E-state index in [0.717, 1.165) is 22.8 Å². The van der Waals surface area contributed by atoms with Crippen LogP contribution in [0.3, 0.4) is 0 Å². The predicted molar refractivity (Wildman–Crippen MR) is 98.9 cm³/mol. The van der Waals surface area contributed by atoms with E-state index in [9.17, 15) is 5.11 Å². The Labute approximate surface area is 153 Å². The summed E-state index contributed by atoms with van der Waals surface area (Å²) in [6, 6.07) is 13.5. The van der Waals surface area contributed by atoms with Crippen LogP contribution in [0.4, 0.5) is 0 Å². The molecule has 0 spiro atoms. The number of furan rings is 2. The molecule has 0 aliphatic rings. The third kappa shape index (κ3) is 5.00. The number of aryl methyl sites for hydroxylation is 1. The summed E-state index contributed by atoms with van der Waals surface area (Å²) in [4.78, 5) is 2.08. The van der Waals surface area contributed by atoms with Crippen molar-refractivity contribution in [3.8, 4) is 5.75 Å². The van der Waals surface area contributed by atoms with Gasteiger partial charge >= 0.3 is 0 Å². The normalized spacial score (nSPS) is 12.5. The second-order valence-electron chi connectivity index (χ2n) is 6.49. The first-order valence-electron chi connectivity index (χ1n) is 8.76. The Morgan fingerprint density at radius 1 is 0.962 bits per heavy atom. The smallest absolute Gasteiger partial charge is 0.122 e. The van der Waals surface area contributed by atoms with Gasteiger partial charge in [0.15, 0.2) is 0 Å². The van der Waals surface area contributed by atoms with Gasteiger partial charge in [-0.05, 0) is 55.3 Å². The van der Waals surface area contributed by atoms with Crippen molar-refractivity contribution in [2.24, 2.45) is 0 Å². The third-order valence-corrected chi connectivity index (χ3v) is 4.37. The molecule has 0 radical (unpaired) electrons. The fourth-order valence-electron chi connectivity index (χ4n) is 2.85. The fraction of sp³-hybridized carbons (Fsp3) is 0.333. The molecule has 0 fully saturated rings. The summed E-state index contributed by atoms with van der Waals surface area (Å²) < 4.78 is 16.7. The van der Waals surface area contributed by atoms with Crippen LogP contribution in [-0.4, -0.2) is 29.3 Å². The summed E-state index contributed by atoms with van der Waals surface area (Å²) in [7, 11) is 0. The maximum atomic E-state index is 10.5. The molecule has 5 nitrogen and oxygen atoms in total. The van der Waals surface area contributed by atoms with E-state index in [-0.39, 0.29) is 6.61 Å². The van der Waals surface area contributed by atoms with E-state index in [1.807, 2.05) is 56.3 Å². The van der Waals surface area contributed by atoms with E-state index in [0.29, 0.717) is 19.6 Å². The summed E-state index contributed by atoms with van der Waals surface area (Å²) in [5, 5.41) is 10.5. The molecule has 0 aliphatic heterocycles. The largest absolute Gasteiger partial charge is 0.491 e. The topological polar surface area (TPSA) is 59.0 Å². The number of benzene rings is 1. The standard InChI is InChI=1S/C21H25NO4/c1-16-6-3-9-21(17(16)2)26-15-18(23)12-22(13-19-7-4-10-24-19)14-20-8-5-11-25-20/h3-11,18,23H,12-15H2,1-2H3. The van der Waals surface area contributed by atoms with Crippen molar-refractivity contribution in [2.75, 3.05) is 13.2 Å². The van der Waals surface area contributed by atoms with Crippen LogP contribution in [0.15, 0.2) is 63.8 Å². The van der Waals surface area contributed by atoms with Gasteiger partial charge in [-0.1, -0.05) is 12.1 Å². The quantitative estimate of drug-likeness (QED) is 0.630. The summed E-state index contributed by atoms with van der Waals surface area (Å²) >= 11 is 0. The van der Waals surface area contributed by atoms with Crippen LogP contribution >= 0.6 is 0 Å². The molecule has 26 heavy (non-hydrogen) atoms. The van der Waals surface area contributed by atoms with Gasteiger partial charge in [-0.15, -0.1) is 0 Å².